The van der Waals surface area contributed by atoms with Crippen molar-refractivity contribution in [1.29, 1.82) is 0 Å². The number of nitrogens with zero attached hydrogens (tertiary/aromatic N) is 2. The Labute approximate surface area is 97.7 Å². The van der Waals surface area contributed by atoms with Crippen LogP contribution in [0.15, 0.2) is 18.2 Å². The summed E-state index contributed by atoms with van der Waals surface area (Å²) in [5, 5.41) is 0. The molecule has 2 heterocycles. The fourth-order valence-electron chi connectivity index (χ4n) is 2.23. The molecule has 1 aliphatic heterocycles. The van der Waals surface area contributed by atoms with E-state index in [0.29, 0.717) is 6.54 Å². The molecule has 2 rings (SSSR count). The molecule has 3 heteroatoms. The van der Waals surface area contributed by atoms with Crippen molar-refractivity contribution < 1.29 is 0 Å². The first-order valence-corrected chi connectivity index (χ1v) is 6.31. The number of hydrogen-bond donors (Lipinski definition) is 1. The third-order valence-corrected chi connectivity index (χ3v) is 3.18. The average molecular weight is 219 g/mol. The van der Waals surface area contributed by atoms with Gasteiger partial charge in [0, 0.05) is 19.6 Å². The summed E-state index contributed by atoms with van der Waals surface area (Å²) in [7, 11) is 0. The Morgan fingerprint density at radius 2 is 1.75 bits per heavy atom. The van der Waals surface area contributed by atoms with Crippen molar-refractivity contribution in [3.05, 3.63) is 23.9 Å². The van der Waals surface area contributed by atoms with E-state index in [1.165, 1.54) is 32.1 Å². The summed E-state index contributed by atoms with van der Waals surface area (Å²) in [6.07, 6.45) is 6.67. The molecule has 1 aromatic rings. The van der Waals surface area contributed by atoms with Crippen LogP contribution in [-0.2, 0) is 6.54 Å². The van der Waals surface area contributed by atoms with Crippen LogP contribution >= 0.6 is 0 Å². The summed E-state index contributed by atoms with van der Waals surface area (Å²) in [6, 6.07) is 6.15. The monoisotopic (exact) mass is 219 g/mol. The van der Waals surface area contributed by atoms with Crippen molar-refractivity contribution >= 4 is 5.82 Å². The summed E-state index contributed by atoms with van der Waals surface area (Å²) in [5.41, 5.74) is 6.61. The molecule has 0 radical (unpaired) electrons. The lowest BCUT2D eigenvalue weighted by atomic mass is 10.1. The first kappa shape index (κ1) is 11.4. The fourth-order valence-corrected chi connectivity index (χ4v) is 2.23. The third-order valence-electron chi connectivity index (χ3n) is 3.18. The van der Waals surface area contributed by atoms with Gasteiger partial charge in [-0.1, -0.05) is 25.3 Å². The van der Waals surface area contributed by atoms with Gasteiger partial charge in [0.25, 0.3) is 0 Å². The molecule has 1 aliphatic rings. The van der Waals surface area contributed by atoms with E-state index in [0.717, 1.165) is 24.6 Å². The van der Waals surface area contributed by atoms with E-state index in [9.17, 15) is 0 Å². The van der Waals surface area contributed by atoms with Gasteiger partial charge in [-0.05, 0) is 25.0 Å². The maximum absolute atomic E-state index is 5.62. The molecule has 2 N–H and O–H groups in total. The van der Waals surface area contributed by atoms with E-state index >= 15 is 0 Å². The molecule has 1 aromatic heterocycles. The lowest BCUT2D eigenvalue weighted by Gasteiger charge is -2.26. The fraction of sp³-hybridized carbons (Fsp3) is 0.615. The first-order chi connectivity index (χ1) is 7.90. The highest BCUT2D eigenvalue weighted by Crippen LogP contribution is 2.17. The Bertz CT molecular complexity index is 317. The van der Waals surface area contributed by atoms with Crippen molar-refractivity contribution in [3.63, 3.8) is 0 Å². The maximum Gasteiger partial charge on any atom is 0.128 e. The van der Waals surface area contributed by atoms with Gasteiger partial charge in [-0.15, -0.1) is 0 Å². The van der Waals surface area contributed by atoms with Gasteiger partial charge in [-0.3, -0.25) is 0 Å². The Balaban J connectivity index is 2.07. The Morgan fingerprint density at radius 3 is 2.44 bits per heavy atom. The summed E-state index contributed by atoms with van der Waals surface area (Å²) in [6.45, 7) is 2.81. The smallest absolute Gasteiger partial charge is 0.128 e. The average Bonchev–Trinajstić information content (AvgIpc) is 2.29. The van der Waals surface area contributed by atoms with Gasteiger partial charge in [-0.2, -0.15) is 0 Å². The molecule has 1 saturated heterocycles. The van der Waals surface area contributed by atoms with E-state index in [1.54, 1.807) is 0 Å². The summed E-state index contributed by atoms with van der Waals surface area (Å²) >= 11 is 0. The summed E-state index contributed by atoms with van der Waals surface area (Å²) < 4.78 is 0. The third kappa shape index (κ3) is 2.95. The molecular weight excluding hydrogens is 198 g/mol. The van der Waals surface area contributed by atoms with Crippen LogP contribution in [0.25, 0.3) is 0 Å². The molecule has 1 fully saturated rings. The standard InChI is InChI=1S/C13H21N3/c14-11-12-7-6-8-13(15-12)16-9-4-2-1-3-5-10-16/h6-8H,1-5,9-11,14H2. The zero-order chi connectivity index (χ0) is 11.2. The molecule has 0 atom stereocenters. The van der Waals surface area contributed by atoms with Crippen LogP contribution in [0.4, 0.5) is 5.82 Å². The molecule has 0 aliphatic carbocycles. The normalized spacial score (nSPS) is 17.9. The van der Waals surface area contributed by atoms with E-state index in [4.69, 9.17) is 5.73 Å². The number of nitrogens with two attached hydrogens (primary N) is 1. The predicted molar refractivity (Wildman–Crippen MR) is 67.4 cm³/mol. The quantitative estimate of drug-likeness (QED) is 0.830. The molecule has 0 saturated carbocycles. The molecule has 0 spiro atoms. The summed E-state index contributed by atoms with van der Waals surface area (Å²) in [5.74, 6) is 1.10. The zero-order valence-electron chi connectivity index (χ0n) is 9.86. The highest BCUT2D eigenvalue weighted by atomic mass is 15.2. The van der Waals surface area contributed by atoms with Crippen LogP contribution in [0.1, 0.15) is 37.8 Å². The lowest BCUT2D eigenvalue weighted by Crippen LogP contribution is -2.28. The molecule has 0 aromatic carbocycles. The minimum absolute atomic E-state index is 0.529. The van der Waals surface area contributed by atoms with E-state index in [1.807, 2.05) is 6.07 Å². The van der Waals surface area contributed by atoms with Crippen LogP contribution in [0.2, 0.25) is 0 Å². The SMILES string of the molecule is NCc1cccc(N2CCCCCCC2)n1. The van der Waals surface area contributed by atoms with Crippen molar-refractivity contribution in [2.45, 2.75) is 38.6 Å². The second kappa shape index (κ2) is 5.85. The molecule has 0 unspecified atom stereocenters. The van der Waals surface area contributed by atoms with Gasteiger partial charge >= 0.3 is 0 Å². The van der Waals surface area contributed by atoms with E-state index in [2.05, 4.69) is 22.0 Å². The molecule has 16 heavy (non-hydrogen) atoms. The number of pyridine rings is 1. The zero-order valence-corrected chi connectivity index (χ0v) is 9.86. The van der Waals surface area contributed by atoms with Gasteiger partial charge in [-0.25, -0.2) is 4.98 Å². The highest BCUT2D eigenvalue weighted by molar-refractivity contribution is 5.39. The Kier molecular flexibility index (Phi) is 4.17. The van der Waals surface area contributed by atoms with Crippen LogP contribution < -0.4 is 10.6 Å². The first-order valence-electron chi connectivity index (χ1n) is 6.31. The molecule has 3 nitrogen and oxygen atoms in total. The van der Waals surface area contributed by atoms with E-state index in [-0.39, 0.29) is 0 Å². The summed E-state index contributed by atoms with van der Waals surface area (Å²) in [4.78, 5) is 6.99. The van der Waals surface area contributed by atoms with Gasteiger partial charge in [0.2, 0.25) is 0 Å². The highest BCUT2D eigenvalue weighted by Gasteiger charge is 2.10. The van der Waals surface area contributed by atoms with Crippen LogP contribution in [-0.4, -0.2) is 18.1 Å². The second-order valence-corrected chi connectivity index (χ2v) is 4.45. The van der Waals surface area contributed by atoms with Crippen molar-refractivity contribution in [1.82, 2.24) is 4.98 Å². The minimum Gasteiger partial charge on any atom is -0.357 e. The molecule has 88 valence electrons. The van der Waals surface area contributed by atoms with Crippen molar-refractivity contribution in [2.24, 2.45) is 5.73 Å². The molecule has 0 bridgehead atoms. The predicted octanol–water partition coefficient (Wildman–Crippen LogP) is 2.31. The number of aromatic nitrogens is 1. The number of rotatable bonds is 2. The van der Waals surface area contributed by atoms with Gasteiger partial charge in [0.1, 0.15) is 5.82 Å². The van der Waals surface area contributed by atoms with Gasteiger partial charge < -0.3 is 10.6 Å². The Morgan fingerprint density at radius 1 is 1.06 bits per heavy atom. The minimum atomic E-state index is 0.529. The topological polar surface area (TPSA) is 42.1 Å². The van der Waals surface area contributed by atoms with E-state index < -0.39 is 0 Å². The molecule has 0 amide bonds. The molecular formula is C13H21N3. The van der Waals surface area contributed by atoms with Crippen LogP contribution in [0, 0.1) is 0 Å². The maximum atomic E-state index is 5.62. The van der Waals surface area contributed by atoms with Crippen LogP contribution in [0.3, 0.4) is 0 Å². The van der Waals surface area contributed by atoms with Gasteiger partial charge in [0.05, 0.1) is 5.69 Å². The van der Waals surface area contributed by atoms with Crippen molar-refractivity contribution in [3.8, 4) is 0 Å². The van der Waals surface area contributed by atoms with Crippen LogP contribution in [0.5, 0.6) is 0 Å². The van der Waals surface area contributed by atoms with Gasteiger partial charge in [0.15, 0.2) is 0 Å². The largest absolute Gasteiger partial charge is 0.357 e. The second-order valence-electron chi connectivity index (χ2n) is 4.45. The Hall–Kier alpha value is -1.09. The lowest BCUT2D eigenvalue weighted by molar-refractivity contribution is 0.553. The number of anilines is 1. The number of hydrogen-bond acceptors (Lipinski definition) is 3. The van der Waals surface area contributed by atoms with Crippen molar-refractivity contribution in [2.75, 3.05) is 18.0 Å².